The second-order valence-corrected chi connectivity index (χ2v) is 6.47. The number of Topliss-reactive ketones (excluding diaryl/α,β-unsaturated/α-hetero) is 1. The zero-order valence-electron chi connectivity index (χ0n) is 14.5. The fourth-order valence-electron chi connectivity index (χ4n) is 3.44. The van der Waals surface area contributed by atoms with E-state index in [0.717, 1.165) is 6.42 Å². The molecule has 1 nitrogen and oxygen atoms in total. The third-order valence-electron chi connectivity index (χ3n) is 4.35. The first kappa shape index (κ1) is 17.9. The fourth-order valence-corrected chi connectivity index (χ4v) is 3.44. The number of carbonyl (C=O) groups excluding carboxylic acids is 1. The summed E-state index contributed by atoms with van der Waals surface area (Å²) in [5, 5.41) is 0. The van der Waals surface area contributed by atoms with Crippen molar-refractivity contribution in [2.45, 2.75) is 79.1 Å². The summed E-state index contributed by atoms with van der Waals surface area (Å²) in [5.41, 5.74) is 3.76. The van der Waals surface area contributed by atoms with Crippen molar-refractivity contribution in [3.05, 3.63) is 34.9 Å². The van der Waals surface area contributed by atoms with Gasteiger partial charge in [0.25, 0.3) is 0 Å². The van der Waals surface area contributed by atoms with Gasteiger partial charge in [-0.25, -0.2) is 0 Å². The minimum atomic E-state index is 0.0942. The lowest BCUT2D eigenvalue weighted by molar-refractivity contribution is -0.120. The molecule has 1 unspecified atom stereocenters. The molecule has 0 aliphatic heterocycles. The Hall–Kier alpha value is -1.11. The summed E-state index contributed by atoms with van der Waals surface area (Å²) in [6, 6.07) is 6.60. The first-order valence-electron chi connectivity index (χ1n) is 8.62. The summed E-state index contributed by atoms with van der Waals surface area (Å²) in [6.45, 7) is 10.7. The van der Waals surface area contributed by atoms with Crippen molar-refractivity contribution in [1.82, 2.24) is 0 Å². The molecule has 0 saturated carbocycles. The highest BCUT2D eigenvalue weighted by Crippen LogP contribution is 2.31. The van der Waals surface area contributed by atoms with Gasteiger partial charge in [0.2, 0.25) is 0 Å². The highest BCUT2D eigenvalue weighted by molar-refractivity contribution is 5.85. The molecular weight excluding hydrogens is 256 g/mol. The maximum Gasteiger partial charge on any atom is 0.140 e. The van der Waals surface area contributed by atoms with Crippen LogP contribution in [-0.2, 0) is 4.79 Å². The van der Waals surface area contributed by atoms with Gasteiger partial charge in [0.05, 0.1) is 0 Å². The van der Waals surface area contributed by atoms with Crippen LogP contribution in [0.1, 0.15) is 81.9 Å². The molecule has 1 heteroatoms. The van der Waals surface area contributed by atoms with Crippen molar-refractivity contribution < 1.29 is 4.79 Å². The standard InChI is InChI=1S/C20H32O/c1-6-9-17(10-7-2)14-19(20(21)8-3)18-12-15(4)11-16(5)13-18/h11-13,17,19H,6-10,14H2,1-5H3. The summed E-state index contributed by atoms with van der Waals surface area (Å²) < 4.78 is 0. The normalized spacial score (nSPS) is 12.7. The van der Waals surface area contributed by atoms with Crippen LogP contribution >= 0.6 is 0 Å². The van der Waals surface area contributed by atoms with Crippen molar-refractivity contribution >= 4 is 5.78 Å². The average Bonchev–Trinajstić information content (AvgIpc) is 2.43. The lowest BCUT2D eigenvalue weighted by Gasteiger charge is -2.23. The number of hydrogen-bond acceptors (Lipinski definition) is 1. The largest absolute Gasteiger partial charge is 0.299 e. The highest BCUT2D eigenvalue weighted by Gasteiger charge is 2.23. The van der Waals surface area contributed by atoms with Gasteiger partial charge < -0.3 is 0 Å². The van der Waals surface area contributed by atoms with E-state index in [2.05, 4.69) is 45.9 Å². The van der Waals surface area contributed by atoms with E-state index in [1.54, 1.807) is 0 Å². The van der Waals surface area contributed by atoms with Crippen LogP contribution in [0.2, 0.25) is 0 Å². The molecule has 0 N–H and O–H groups in total. The molecule has 0 heterocycles. The number of aryl methyl sites for hydroxylation is 2. The molecule has 0 bridgehead atoms. The molecular formula is C20H32O. The minimum Gasteiger partial charge on any atom is -0.299 e. The highest BCUT2D eigenvalue weighted by atomic mass is 16.1. The third kappa shape index (κ3) is 5.65. The molecule has 1 aromatic rings. The van der Waals surface area contributed by atoms with E-state index in [0.29, 0.717) is 18.1 Å². The van der Waals surface area contributed by atoms with Gasteiger partial charge in [-0.15, -0.1) is 0 Å². The Balaban J connectivity index is 3.01. The summed E-state index contributed by atoms with van der Waals surface area (Å²) in [6.07, 6.45) is 6.58. The zero-order chi connectivity index (χ0) is 15.8. The van der Waals surface area contributed by atoms with Crippen molar-refractivity contribution in [2.24, 2.45) is 5.92 Å². The SMILES string of the molecule is CCCC(CCC)CC(C(=O)CC)c1cc(C)cc(C)c1. The summed E-state index contributed by atoms with van der Waals surface area (Å²) in [5.74, 6) is 1.18. The second kappa shape index (κ2) is 9.02. The molecule has 0 spiro atoms. The van der Waals surface area contributed by atoms with E-state index in [1.165, 1.54) is 42.4 Å². The number of ketones is 1. The van der Waals surface area contributed by atoms with Crippen molar-refractivity contribution in [3.63, 3.8) is 0 Å². The van der Waals surface area contributed by atoms with Crippen molar-refractivity contribution in [1.29, 1.82) is 0 Å². The molecule has 1 atom stereocenters. The number of benzene rings is 1. The van der Waals surface area contributed by atoms with Crippen LogP contribution in [-0.4, -0.2) is 5.78 Å². The van der Waals surface area contributed by atoms with Gasteiger partial charge in [0.15, 0.2) is 0 Å². The van der Waals surface area contributed by atoms with Crippen LogP contribution < -0.4 is 0 Å². The van der Waals surface area contributed by atoms with Gasteiger partial charge >= 0.3 is 0 Å². The lowest BCUT2D eigenvalue weighted by atomic mass is 9.81. The first-order valence-corrected chi connectivity index (χ1v) is 8.62. The van der Waals surface area contributed by atoms with Crippen molar-refractivity contribution in [2.75, 3.05) is 0 Å². The predicted octanol–water partition coefficient (Wildman–Crippen LogP) is 5.97. The predicted molar refractivity (Wildman–Crippen MR) is 91.9 cm³/mol. The third-order valence-corrected chi connectivity index (χ3v) is 4.35. The van der Waals surface area contributed by atoms with Crippen LogP contribution in [0.25, 0.3) is 0 Å². The molecule has 1 rings (SSSR count). The Kier molecular flexibility index (Phi) is 7.71. The quantitative estimate of drug-likeness (QED) is 0.547. The lowest BCUT2D eigenvalue weighted by Crippen LogP contribution is -2.16. The minimum absolute atomic E-state index is 0.0942. The molecule has 21 heavy (non-hydrogen) atoms. The molecule has 118 valence electrons. The Morgan fingerprint density at radius 2 is 1.48 bits per heavy atom. The van der Waals surface area contributed by atoms with Crippen LogP contribution in [0, 0.1) is 19.8 Å². The van der Waals surface area contributed by atoms with E-state index < -0.39 is 0 Å². The Labute approximate surface area is 131 Å². The van der Waals surface area contributed by atoms with Gasteiger partial charge in [-0.3, -0.25) is 4.79 Å². The summed E-state index contributed by atoms with van der Waals surface area (Å²) >= 11 is 0. The van der Waals surface area contributed by atoms with Crippen LogP contribution in [0.5, 0.6) is 0 Å². The Bertz CT molecular complexity index is 421. The average molecular weight is 288 g/mol. The monoisotopic (exact) mass is 288 g/mol. The van der Waals surface area contributed by atoms with Gasteiger partial charge in [-0.1, -0.05) is 75.8 Å². The molecule has 0 radical (unpaired) electrons. The van der Waals surface area contributed by atoms with Crippen molar-refractivity contribution in [3.8, 4) is 0 Å². The summed E-state index contributed by atoms with van der Waals surface area (Å²) in [7, 11) is 0. The van der Waals surface area contributed by atoms with Gasteiger partial charge in [0, 0.05) is 12.3 Å². The van der Waals surface area contributed by atoms with Crippen LogP contribution in [0.15, 0.2) is 18.2 Å². The molecule has 1 aromatic carbocycles. The smallest absolute Gasteiger partial charge is 0.140 e. The topological polar surface area (TPSA) is 17.1 Å². The Morgan fingerprint density at radius 3 is 1.90 bits per heavy atom. The molecule has 0 amide bonds. The molecule has 0 aromatic heterocycles. The van der Waals surface area contributed by atoms with E-state index in [-0.39, 0.29) is 5.92 Å². The molecule has 0 fully saturated rings. The first-order chi connectivity index (χ1) is 10.0. The maximum absolute atomic E-state index is 12.5. The summed E-state index contributed by atoms with van der Waals surface area (Å²) in [4.78, 5) is 12.5. The number of carbonyl (C=O) groups is 1. The van der Waals surface area contributed by atoms with Crippen LogP contribution in [0.3, 0.4) is 0 Å². The van der Waals surface area contributed by atoms with Gasteiger partial charge in [-0.05, 0) is 31.7 Å². The maximum atomic E-state index is 12.5. The van der Waals surface area contributed by atoms with E-state index in [9.17, 15) is 4.79 Å². The Morgan fingerprint density at radius 1 is 0.952 bits per heavy atom. The number of hydrogen-bond donors (Lipinski definition) is 0. The number of rotatable bonds is 9. The van der Waals surface area contributed by atoms with E-state index >= 15 is 0 Å². The molecule has 0 aliphatic carbocycles. The second-order valence-electron chi connectivity index (χ2n) is 6.47. The zero-order valence-corrected chi connectivity index (χ0v) is 14.5. The van der Waals surface area contributed by atoms with E-state index in [4.69, 9.17) is 0 Å². The molecule has 0 aliphatic rings. The van der Waals surface area contributed by atoms with Gasteiger partial charge in [-0.2, -0.15) is 0 Å². The van der Waals surface area contributed by atoms with E-state index in [1.807, 2.05) is 6.92 Å². The molecule has 0 saturated heterocycles. The van der Waals surface area contributed by atoms with Crippen LogP contribution in [0.4, 0.5) is 0 Å². The van der Waals surface area contributed by atoms with Gasteiger partial charge in [0.1, 0.15) is 5.78 Å². The fraction of sp³-hybridized carbons (Fsp3) is 0.650.